The molecule has 1 saturated carbocycles. The predicted molar refractivity (Wildman–Crippen MR) is 169 cm³/mol. The molecule has 0 radical (unpaired) electrons. The molecule has 1 spiro atoms. The minimum atomic E-state index is -4.48. The first-order valence-corrected chi connectivity index (χ1v) is 16.1. The number of amides is 1. The Hall–Kier alpha value is -4.15. The van der Waals surface area contributed by atoms with Crippen molar-refractivity contribution < 1.29 is 37.3 Å². The van der Waals surface area contributed by atoms with Gasteiger partial charge in [-0.05, 0) is 85.5 Å². The normalized spacial score (nSPS) is 26.1. The number of hydrogen-bond acceptors (Lipinski definition) is 6. The van der Waals surface area contributed by atoms with E-state index in [0.717, 1.165) is 62.0 Å². The number of esters is 1. The van der Waals surface area contributed by atoms with Crippen LogP contribution in [0.5, 0.6) is 11.5 Å². The number of likely N-dealkylation sites (tertiary alicyclic amines) is 1. The van der Waals surface area contributed by atoms with Gasteiger partial charge in [-0.1, -0.05) is 48.5 Å². The van der Waals surface area contributed by atoms with Crippen LogP contribution < -0.4 is 9.47 Å². The molecule has 1 amide bonds. The molecule has 10 heteroatoms. The van der Waals surface area contributed by atoms with Gasteiger partial charge in [0.15, 0.2) is 11.5 Å². The van der Waals surface area contributed by atoms with Gasteiger partial charge in [0, 0.05) is 36.7 Å². The zero-order valence-corrected chi connectivity index (χ0v) is 26.1. The van der Waals surface area contributed by atoms with Gasteiger partial charge in [-0.15, -0.1) is 0 Å². The van der Waals surface area contributed by atoms with E-state index in [1.165, 1.54) is 29.8 Å². The Morgan fingerprint density at radius 2 is 1.91 bits per heavy atom. The maximum atomic E-state index is 13.6. The number of ether oxygens (including phenoxy) is 2. The minimum Gasteiger partial charge on any atom is -0.483 e. The summed E-state index contributed by atoms with van der Waals surface area (Å²) in [5.74, 6) is -0.0616. The van der Waals surface area contributed by atoms with Crippen LogP contribution in [0.1, 0.15) is 47.1 Å². The van der Waals surface area contributed by atoms with Crippen molar-refractivity contribution >= 4 is 18.0 Å². The van der Waals surface area contributed by atoms with Crippen molar-refractivity contribution in [2.75, 3.05) is 26.7 Å². The van der Waals surface area contributed by atoms with Crippen molar-refractivity contribution in [2.45, 2.75) is 61.9 Å². The van der Waals surface area contributed by atoms with E-state index in [9.17, 15) is 27.9 Å². The number of rotatable bonds is 8. The third-order valence-electron chi connectivity index (χ3n) is 10.7. The van der Waals surface area contributed by atoms with Crippen molar-refractivity contribution in [1.29, 1.82) is 0 Å². The van der Waals surface area contributed by atoms with Gasteiger partial charge < -0.3 is 19.5 Å². The van der Waals surface area contributed by atoms with Crippen LogP contribution in [0, 0.1) is 5.92 Å². The first kappa shape index (κ1) is 31.4. The smallest absolute Gasteiger partial charge is 0.416 e. The zero-order valence-electron chi connectivity index (χ0n) is 26.1. The second-order valence-corrected chi connectivity index (χ2v) is 13.1. The average Bonchev–Trinajstić information content (AvgIpc) is 3.42. The minimum absolute atomic E-state index is 0.259. The van der Waals surface area contributed by atoms with Crippen LogP contribution in [0.3, 0.4) is 0 Å². The number of carbonyl (C=O) groups excluding carboxylic acids is 2. The Morgan fingerprint density at radius 3 is 2.68 bits per heavy atom. The molecule has 7 nitrogen and oxygen atoms in total. The number of halogens is 3. The number of piperidine rings is 1. The molecule has 246 valence electrons. The standard InChI is InChI=1S/C37H37F3N2O5/c1-41(31(44)15-10-24-8-5-9-26(20-24)37(38,39)40)28-13-12-27-29-21-25-11-14-30(46-32(45)22-43)34-33(25)36(27,35(28)47-34)17-19-42(29)18-16-23-6-3-2-4-7-23/h2-11,14-15,20,27-29,35,43H,12-13,16-19,21-22H2,1H3/b15-10+/t27-,28?,29+,35?,36-/m0/s1. The van der Waals surface area contributed by atoms with Crippen LogP contribution in [-0.4, -0.2) is 71.7 Å². The summed E-state index contributed by atoms with van der Waals surface area (Å²) in [6.07, 6.45) is 2.00. The molecule has 2 heterocycles. The molecule has 2 unspecified atom stereocenters. The molecular weight excluding hydrogens is 609 g/mol. The van der Waals surface area contributed by atoms with Gasteiger partial charge in [0.05, 0.1) is 11.6 Å². The molecule has 2 fully saturated rings. The van der Waals surface area contributed by atoms with E-state index in [-0.39, 0.29) is 35.2 Å². The highest BCUT2D eigenvalue weighted by atomic mass is 19.4. The fourth-order valence-electron chi connectivity index (χ4n) is 8.68. The SMILES string of the molecule is CN(C(=O)/C=C/c1cccc(C(F)(F)F)c1)C1CC[C@H]2[C@H]3Cc4ccc(OC(=O)CO)c5c4[C@@]2(CCN3CCc2ccccc2)C1O5. The van der Waals surface area contributed by atoms with Crippen molar-refractivity contribution in [3.8, 4) is 11.5 Å². The van der Waals surface area contributed by atoms with E-state index < -0.39 is 35.8 Å². The van der Waals surface area contributed by atoms with Crippen molar-refractivity contribution in [3.05, 3.63) is 101 Å². The maximum absolute atomic E-state index is 13.6. The number of aliphatic hydroxyl groups is 1. The summed E-state index contributed by atoms with van der Waals surface area (Å²) in [6.45, 7) is 1.03. The zero-order chi connectivity index (χ0) is 32.9. The Bertz CT molecular complexity index is 1710. The molecule has 3 aromatic rings. The van der Waals surface area contributed by atoms with E-state index in [2.05, 4.69) is 29.2 Å². The van der Waals surface area contributed by atoms with Gasteiger partial charge in [-0.25, -0.2) is 4.79 Å². The number of aliphatic hydroxyl groups excluding tert-OH is 1. The van der Waals surface area contributed by atoms with Gasteiger partial charge in [0.2, 0.25) is 5.91 Å². The first-order chi connectivity index (χ1) is 22.6. The number of likely N-dealkylation sites (N-methyl/N-ethyl adjacent to an activating group) is 1. The van der Waals surface area contributed by atoms with Crippen LogP contribution in [0.4, 0.5) is 13.2 Å². The van der Waals surface area contributed by atoms with E-state index in [0.29, 0.717) is 12.2 Å². The van der Waals surface area contributed by atoms with Gasteiger partial charge >= 0.3 is 12.1 Å². The molecular formula is C37H37F3N2O5. The largest absolute Gasteiger partial charge is 0.483 e. The van der Waals surface area contributed by atoms with Gasteiger partial charge in [-0.3, -0.25) is 9.69 Å². The number of hydrogen-bond donors (Lipinski definition) is 1. The maximum Gasteiger partial charge on any atom is 0.416 e. The summed E-state index contributed by atoms with van der Waals surface area (Å²) in [4.78, 5) is 30.0. The highest BCUT2D eigenvalue weighted by Gasteiger charge is 2.66. The number of carbonyl (C=O) groups is 2. The lowest BCUT2D eigenvalue weighted by Crippen LogP contribution is -2.69. The van der Waals surface area contributed by atoms with Crippen molar-refractivity contribution in [3.63, 3.8) is 0 Å². The summed E-state index contributed by atoms with van der Waals surface area (Å²) in [5, 5.41) is 9.40. The van der Waals surface area contributed by atoms with Crippen LogP contribution in [0.2, 0.25) is 0 Å². The molecule has 2 aliphatic carbocycles. The summed E-state index contributed by atoms with van der Waals surface area (Å²) in [5.41, 5.74) is 2.61. The lowest BCUT2D eigenvalue weighted by Gasteiger charge is -2.60. The molecule has 3 aromatic carbocycles. The fraction of sp³-hybridized carbons (Fsp3) is 0.405. The van der Waals surface area contributed by atoms with Crippen LogP contribution >= 0.6 is 0 Å². The lowest BCUT2D eigenvalue weighted by atomic mass is 9.51. The highest BCUT2D eigenvalue weighted by molar-refractivity contribution is 5.92. The molecule has 47 heavy (non-hydrogen) atoms. The van der Waals surface area contributed by atoms with E-state index in [4.69, 9.17) is 9.47 Å². The molecule has 1 saturated heterocycles. The average molecular weight is 647 g/mol. The monoisotopic (exact) mass is 646 g/mol. The van der Waals surface area contributed by atoms with Gasteiger partial charge in [0.25, 0.3) is 0 Å². The first-order valence-electron chi connectivity index (χ1n) is 16.1. The quantitative estimate of drug-likeness (QED) is 0.200. The third kappa shape index (κ3) is 5.51. The Morgan fingerprint density at radius 1 is 1.11 bits per heavy atom. The summed E-state index contributed by atoms with van der Waals surface area (Å²) in [6, 6.07) is 19.1. The number of alkyl halides is 3. The van der Waals surface area contributed by atoms with E-state index in [1.807, 2.05) is 12.1 Å². The lowest BCUT2D eigenvalue weighted by molar-refractivity contribution is -0.138. The van der Waals surface area contributed by atoms with E-state index in [1.54, 1.807) is 18.0 Å². The molecule has 7 rings (SSSR count). The van der Waals surface area contributed by atoms with Gasteiger partial charge in [-0.2, -0.15) is 13.2 Å². The second kappa shape index (κ2) is 12.1. The van der Waals surface area contributed by atoms with Crippen LogP contribution in [0.25, 0.3) is 6.08 Å². The topological polar surface area (TPSA) is 79.3 Å². The molecule has 0 aromatic heterocycles. The predicted octanol–water partition coefficient (Wildman–Crippen LogP) is 5.43. The van der Waals surface area contributed by atoms with Crippen LogP contribution in [0.15, 0.2) is 72.8 Å². The summed E-state index contributed by atoms with van der Waals surface area (Å²) >= 11 is 0. The molecule has 2 bridgehead atoms. The molecule has 4 aliphatic rings. The second-order valence-electron chi connectivity index (χ2n) is 13.1. The Labute approximate surface area is 271 Å². The molecule has 5 atom stereocenters. The molecule has 2 aliphatic heterocycles. The highest BCUT2D eigenvalue weighted by Crippen LogP contribution is 2.64. The van der Waals surface area contributed by atoms with Gasteiger partial charge in [0.1, 0.15) is 12.7 Å². The van der Waals surface area contributed by atoms with E-state index >= 15 is 0 Å². The van der Waals surface area contributed by atoms with Crippen LogP contribution in [-0.2, 0) is 34.0 Å². The third-order valence-corrected chi connectivity index (χ3v) is 10.7. The fourth-order valence-corrected chi connectivity index (χ4v) is 8.68. The van der Waals surface area contributed by atoms with Crippen molar-refractivity contribution in [1.82, 2.24) is 9.80 Å². The summed E-state index contributed by atoms with van der Waals surface area (Å²) in [7, 11) is 1.72. The summed E-state index contributed by atoms with van der Waals surface area (Å²) < 4.78 is 52.1. The number of benzene rings is 3. The Kier molecular flexibility index (Phi) is 8.12. The van der Waals surface area contributed by atoms with Crippen molar-refractivity contribution in [2.24, 2.45) is 5.92 Å². The Balaban J connectivity index is 1.19. The molecule has 1 N–H and O–H groups in total. The number of nitrogens with zero attached hydrogens (tertiary/aromatic N) is 2.